The van der Waals surface area contributed by atoms with Crippen molar-refractivity contribution in [2.75, 3.05) is 42.9 Å². The average Bonchev–Trinajstić information content (AvgIpc) is 2.87. The molecule has 1 saturated heterocycles. The number of pyridine rings is 1. The Bertz CT molecular complexity index is 1270. The summed E-state index contributed by atoms with van der Waals surface area (Å²) in [5, 5.41) is 14.5. The highest BCUT2D eigenvalue weighted by Crippen LogP contribution is 2.27. The smallest absolute Gasteiger partial charge is 0.238 e. The van der Waals surface area contributed by atoms with Crippen LogP contribution in [-0.2, 0) is 11.2 Å². The van der Waals surface area contributed by atoms with Gasteiger partial charge in [-0.15, -0.1) is 5.10 Å². The first-order valence-electron chi connectivity index (χ1n) is 11.6. The van der Waals surface area contributed by atoms with Crippen LogP contribution >= 0.6 is 0 Å². The lowest BCUT2D eigenvalue weighted by Crippen LogP contribution is -2.49. The van der Waals surface area contributed by atoms with Gasteiger partial charge in [-0.05, 0) is 36.8 Å². The van der Waals surface area contributed by atoms with E-state index in [0.29, 0.717) is 6.54 Å². The number of carbonyl (C=O) groups is 1. The maximum atomic E-state index is 12.5. The van der Waals surface area contributed by atoms with Crippen molar-refractivity contribution in [3.8, 4) is 0 Å². The fraction of sp³-hybridized carbons (Fsp3) is 0.259. The molecule has 2 aromatic heterocycles. The van der Waals surface area contributed by atoms with Gasteiger partial charge in [-0.1, -0.05) is 42.0 Å². The fourth-order valence-corrected chi connectivity index (χ4v) is 4.36. The maximum Gasteiger partial charge on any atom is 0.238 e. The van der Waals surface area contributed by atoms with Crippen LogP contribution in [0.1, 0.15) is 16.8 Å². The number of fused-ring (bicyclic) bond motifs is 1. The summed E-state index contributed by atoms with van der Waals surface area (Å²) in [5.74, 6) is 0.931. The van der Waals surface area contributed by atoms with Gasteiger partial charge in [0.05, 0.1) is 12.2 Å². The Morgan fingerprint density at radius 3 is 2.32 bits per heavy atom. The molecule has 1 aliphatic heterocycles. The van der Waals surface area contributed by atoms with Gasteiger partial charge < -0.3 is 10.2 Å². The van der Waals surface area contributed by atoms with E-state index < -0.39 is 0 Å². The highest BCUT2D eigenvalue weighted by molar-refractivity contribution is 5.94. The minimum Gasteiger partial charge on any atom is -0.352 e. The second kappa shape index (κ2) is 9.97. The number of aromatic nitrogens is 3. The highest BCUT2D eigenvalue weighted by Gasteiger charge is 2.22. The minimum absolute atomic E-state index is 0.0167. The molecule has 0 atom stereocenters. The van der Waals surface area contributed by atoms with Gasteiger partial charge in [-0.3, -0.25) is 14.7 Å². The third-order valence-electron chi connectivity index (χ3n) is 6.24. The Hall–Kier alpha value is -3.84. The number of aryl methyl sites for hydroxylation is 1. The molecule has 3 heterocycles. The monoisotopic (exact) mass is 452 g/mol. The molecular formula is C27H28N6O. The number of nitrogens with zero attached hydrogens (tertiary/aromatic N) is 5. The van der Waals surface area contributed by atoms with E-state index in [4.69, 9.17) is 0 Å². The molecule has 5 rings (SSSR count). The average molecular weight is 453 g/mol. The Balaban J connectivity index is 1.24. The molecule has 0 saturated carbocycles. The van der Waals surface area contributed by atoms with E-state index >= 15 is 0 Å². The van der Waals surface area contributed by atoms with Crippen LogP contribution in [0.5, 0.6) is 0 Å². The number of benzene rings is 2. The van der Waals surface area contributed by atoms with Crippen molar-refractivity contribution < 1.29 is 4.79 Å². The first kappa shape index (κ1) is 22.0. The molecule has 7 nitrogen and oxygen atoms in total. The second-order valence-electron chi connectivity index (χ2n) is 8.73. The predicted octanol–water partition coefficient (Wildman–Crippen LogP) is 3.68. The Labute approximate surface area is 199 Å². The van der Waals surface area contributed by atoms with Crippen LogP contribution in [0.4, 0.5) is 11.5 Å². The van der Waals surface area contributed by atoms with Crippen LogP contribution in [0.3, 0.4) is 0 Å². The molecule has 172 valence electrons. The largest absolute Gasteiger partial charge is 0.352 e. The third-order valence-corrected chi connectivity index (χ3v) is 6.24. The number of carbonyl (C=O) groups excluding carboxylic acids is 1. The topological polar surface area (TPSA) is 74.2 Å². The van der Waals surface area contributed by atoms with Crippen LogP contribution in [0.2, 0.25) is 0 Å². The van der Waals surface area contributed by atoms with E-state index in [1.807, 2.05) is 43.3 Å². The van der Waals surface area contributed by atoms with Crippen molar-refractivity contribution in [3.63, 3.8) is 0 Å². The quantitative estimate of drug-likeness (QED) is 0.481. The van der Waals surface area contributed by atoms with Crippen molar-refractivity contribution in [2.45, 2.75) is 13.3 Å². The van der Waals surface area contributed by atoms with E-state index in [1.165, 1.54) is 11.1 Å². The Morgan fingerprint density at radius 2 is 1.59 bits per heavy atom. The molecule has 1 aliphatic rings. The summed E-state index contributed by atoms with van der Waals surface area (Å²) in [6.07, 6.45) is 4.33. The van der Waals surface area contributed by atoms with Gasteiger partial charge in [0, 0.05) is 61.5 Å². The lowest BCUT2D eigenvalue weighted by atomic mass is 10.0. The molecule has 1 N–H and O–H groups in total. The lowest BCUT2D eigenvalue weighted by Gasteiger charge is -2.35. The maximum absolute atomic E-state index is 12.5. The molecule has 2 aromatic carbocycles. The highest BCUT2D eigenvalue weighted by atomic mass is 16.2. The molecule has 7 heteroatoms. The van der Waals surface area contributed by atoms with Gasteiger partial charge in [0.1, 0.15) is 0 Å². The molecule has 0 aliphatic carbocycles. The zero-order valence-electron chi connectivity index (χ0n) is 19.3. The summed E-state index contributed by atoms with van der Waals surface area (Å²) in [6.45, 7) is 5.64. The molecule has 0 unspecified atom stereocenters. The van der Waals surface area contributed by atoms with Crippen LogP contribution in [0, 0.1) is 6.92 Å². The molecule has 0 spiro atoms. The molecule has 4 aromatic rings. The number of rotatable bonds is 6. The summed E-state index contributed by atoms with van der Waals surface area (Å²) in [6, 6.07) is 20.2. The third kappa shape index (κ3) is 5.05. The summed E-state index contributed by atoms with van der Waals surface area (Å²) in [7, 11) is 0. The SMILES string of the molecule is Cc1ccc(NC(=O)CN2CCN(c3nnc(Cc4ccncc4)c4ccccc34)CC2)cc1. The van der Waals surface area contributed by atoms with E-state index in [9.17, 15) is 4.79 Å². The summed E-state index contributed by atoms with van der Waals surface area (Å²) < 4.78 is 0. The predicted molar refractivity (Wildman–Crippen MR) is 135 cm³/mol. The first-order chi connectivity index (χ1) is 16.7. The number of hydrogen-bond acceptors (Lipinski definition) is 6. The molecule has 1 amide bonds. The first-order valence-corrected chi connectivity index (χ1v) is 11.6. The summed E-state index contributed by atoms with van der Waals surface area (Å²) in [4.78, 5) is 21.1. The lowest BCUT2D eigenvalue weighted by molar-refractivity contribution is -0.117. The number of piperazine rings is 1. The van der Waals surface area contributed by atoms with E-state index in [2.05, 4.69) is 54.6 Å². The second-order valence-corrected chi connectivity index (χ2v) is 8.73. The van der Waals surface area contributed by atoms with Gasteiger partial charge >= 0.3 is 0 Å². The zero-order valence-corrected chi connectivity index (χ0v) is 19.3. The number of nitrogens with one attached hydrogen (secondary N) is 1. The van der Waals surface area contributed by atoms with Gasteiger partial charge in [0.15, 0.2) is 5.82 Å². The molecule has 1 fully saturated rings. The van der Waals surface area contributed by atoms with Crippen molar-refractivity contribution in [2.24, 2.45) is 0 Å². The van der Waals surface area contributed by atoms with E-state index in [1.54, 1.807) is 12.4 Å². The molecule has 0 bridgehead atoms. The normalized spacial score (nSPS) is 14.3. The number of amides is 1. The van der Waals surface area contributed by atoms with Crippen molar-refractivity contribution in [1.82, 2.24) is 20.1 Å². The minimum atomic E-state index is 0.0167. The van der Waals surface area contributed by atoms with Crippen molar-refractivity contribution in [3.05, 3.63) is 89.9 Å². The van der Waals surface area contributed by atoms with Gasteiger partial charge in [-0.25, -0.2) is 0 Å². The standard InChI is InChI=1S/C27H28N6O/c1-20-6-8-22(9-7-20)29-26(34)19-32-14-16-33(17-15-32)27-24-5-3-2-4-23(24)25(30-31-27)18-21-10-12-28-13-11-21/h2-13H,14-19H2,1H3,(H,29,34). The number of hydrogen-bond donors (Lipinski definition) is 1. The fourth-order valence-electron chi connectivity index (χ4n) is 4.36. The van der Waals surface area contributed by atoms with Crippen LogP contribution in [0.25, 0.3) is 10.8 Å². The molecule has 0 radical (unpaired) electrons. The van der Waals surface area contributed by atoms with Crippen LogP contribution in [-0.4, -0.2) is 58.7 Å². The van der Waals surface area contributed by atoms with E-state index in [-0.39, 0.29) is 5.91 Å². The van der Waals surface area contributed by atoms with Crippen LogP contribution < -0.4 is 10.2 Å². The summed E-state index contributed by atoms with van der Waals surface area (Å²) in [5.41, 5.74) is 4.15. The Kier molecular flexibility index (Phi) is 6.44. The zero-order chi connectivity index (χ0) is 23.3. The van der Waals surface area contributed by atoms with Gasteiger partial charge in [-0.2, -0.15) is 5.10 Å². The van der Waals surface area contributed by atoms with Gasteiger partial charge in [0.25, 0.3) is 0 Å². The van der Waals surface area contributed by atoms with Gasteiger partial charge in [0.2, 0.25) is 5.91 Å². The van der Waals surface area contributed by atoms with Crippen molar-refractivity contribution >= 4 is 28.2 Å². The van der Waals surface area contributed by atoms with Crippen molar-refractivity contribution in [1.29, 1.82) is 0 Å². The Morgan fingerprint density at radius 1 is 0.882 bits per heavy atom. The summed E-state index contributed by atoms with van der Waals surface area (Å²) >= 11 is 0. The molecular weight excluding hydrogens is 424 g/mol. The van der Waals surface area contributed by atoms with Crippen LogP contribution in [0.15, 0.2) is 73.1 Å². The molecule has 34 heavy (non-hydrogen) atoms. The number of anilines is 2. The van der Waals surface area contributed by atoms with E-state index in [0.717, 1.165) is 60.6 Å².